The maximum atomic E-state index is 13.8. The van der Waals surface area contributed by atoms with E-state index in [2.05, 4.69) is 6.92 Å². The van der Waals surface area contributed by atoms with E-state index in [1.807, 2.05) is 68.4 Å². The molecule has 1 atom stereocenters. The molecule has 0 radical (unpaired) electrons. The van der Waals surface area contributed by atoms with E-state index >= 15 is 0 Å². The number of thiazole rings is 1. The molecule has 3 heterocycles. The summed E-state index contributed by atoms with van der Waals surface area (Å²) in [5, 5.41) is 12.3. The Labute approximate surface area is 217 Å². The number of nitrogens with zero attached hydrogens (tertiary/aromatic N) is 2. The minimum atomic E-state index is -0.846. The van der Waals surface area contributed by atoms with Gasteiger partial charge < -0.3 is 9.52 Å². The summed E-state index contributed by atoms with van der Waals surface area (Å²) in [4.78, 5) is 33.6. The Hall–Kier alpha value is -4.23. The van der Waals surface area contributed by atoms with Gasteiger partial charge in [-0.3, -0.25) is 14.5 Å². The number of amides is 1. The molecule has 1 amide bonds. The molecule has 184 valence electrons. The van der Waals surface area contributed by atoms with Crippen molar-refractivity contribution in [1.29, 1.82) is 0 Å². The number of Topliss-reactive ketones (excluding diaryl/α,β-unsaturated/α-hetero) is 1. The fourth-order valence-corrected chi connectivity index (χ4v) is 6.14. The first-order chi connectivity index (χ1) is 17.9. The van der Waals surface area contributed by atoms with E-state index in [0.717, 1.165) is 38.7 Å². The number of aromatic nitrogens is 1. The molecule has 5 aromatic rings. The summed E-state index contributed by atoms with van der Waals surface area (Å²) in [5.41, 5.74) is 5.29. The van der Waals surface area contributed by atoms with Crippen molar-refractivity contribution in [3.05, 3.63) is 106 Å². The van der Waals surface area contributed by atoms with Crippen LogP contribution in [0.4, 0.5) is 5.13 Å². The van der Waals surface area contributed by atoms with Crippen LogP contribution >= 0.6 is 11.3 Å². The first-order valence-electron chi connectivity index (χ1n) is 12.1. The molecule has 0 saturated heterocycles. The van der Waals surface area contributed by atoms with Crippen molar-refractivity contribution in [3.63, 3.8) is 0 Å². The second-order valence-electron chi connectivity index (χ2n) is 9.34. The lowest BCUT2D eigenvalue weighted by molar-refractivity contribution is -0.117. The Bertz CT molecular complexity index is 1710. The molecule has 0 spiro atoms. The highest BCUT2D eigenvalue weighted by Crippen LogP contribution is 2.45. The molecule has 1 N–H and O–H groups in total. The minimum absolute atomic E-state index is 0.0135. The lowest BCUT2D eigenvalue weighted by atomic mass is 9.94. The van der Waals surface area contributed by atoms with Crippen molar-refractivity contribution < 1.29 is 19.1 Å². The fraction of sp³-hybridized carbons (Fsp3) is 0.167. The highest BCUT2D eigenvalue weighted by atomic mass is 32.1. The van der Waals surface area contributed by atoms with Gasteiger partial charge >= 0.3 is 0 Å². The van der Waals surface area contributed by atoms with Gasteiger partial charge in [-0.05, 0) is 60.7 Å². The second-order valence-corrected chi connectivity index (χ2v) is 10.3. The van der Waals surface area contributed by atoms with Crippen LogP contribution in [0.2, 0.25) is 0 Å². The monoisotopic (exact) mass is 508 g/mol. The third kappa shape index (κ3) is 3.74. The molecule has 0 bridgehead atoms. The van der Waals surface area contributed by atoms with Crippen LogP contribution in [0, 0.1) is 13.8 Å². The number of anilines is 1. The number of aliphatic hydroxyl groups excluding tert-OH is 1. The number of furan rings is 1. The summed E-state index contributed by atoms with van der Waals surface area (Å²) in [5.74, 6) is -1.69. The third-order valence-corrected chi connectivity index (χ3v) is 7.83. The molecular weight excluding hydrogens is 484 g/mol. The zero-order chi connectivity index (χ0) is 25.8. The number of aliphatic hydroxyl groups is 1. The van der Waals surface area contributed by atoms with E-state index in [0.29, 0.717) is 16.3 Å². The summed E-state index contributed by atoms with van der Waals surface area (Å²) >= 11 is 1.37. The molecule has 1 aliphatic rings. The van der Waals surface area contributed by atoms with Crippen molar-refractivity contribution in [1.82, 2.24) is 4.98 Å². The zero-order valence-electron chi connectivity index (χ0n) is 20.6. The average molecular weight is 509 g/mol. The molecule has 0 fully saturated rings. The molecule has 3 aromatic carbocycles. The van der Waals surface area contributed by atoms with Crippen LogP contribution in [-0.4, -0.2) is 21.8 Å². The Morgan fingerprint density at radius 3 is 2.57 bits per heavy atom. The molecule has 0 unspecified atom stereocenters. The maximum absolute atomic E-state index is 13.8. The van der Waals surface area contributed by atoms with Crippen molar-refractivity contribution >= 4 is 49.3 Å². The van der Waals surface area contributed by atoms with Crippen LogP contribution in [0.5, 0.6) is 0 Å². The number of fused-ring (bicyclic) bond motifs is 2. The SMILES string of the molecule is CCc1ccc([C@@H]2C(C(=O)c3cc4ccccc4o3)=C(O)C(=O)N2c2nc3c(C)cc(C)cc3s2)cc1. The van der Waals surface area contributed by atoms with Gasteiger partial charge in [0.25, 0.3) is 5.91 Å². The molecule has 0 saturated carbocycles. The summed E-state index contributed by atoms with van der Waals surface area (Å²) in [6.45, 7) is 6.06. The number of hydrogen-bond acceptors (Lipinski definition) is 6. The Balaban J connectivity index is 1.52. The number of hydrogen-bond donors (Lipinski definition) is 1. The minimum Gasteiger partial charge on any atom is -0.503 e. The Morgan fingerprint density at radius 2 is 1.84 bits per heavy atom. The zero-order valence-corrected chi connectivity index (χ0v) is 21.4. The lowest BCUT2D eigenvalue weighted by Crippen LogP contribution is -2.31. The van der Waals surface area contributed by atoms with Gasteiger partial charge in [-0.2, -0.15) is 0 Å². The molecule has 2 aromatic heterocycles. The highest BCUT2D eigenvalue weighted by Gasteiger charge is 2.46. The normalized spacial score (nSPS) is 15.9. The highest BCUT2D eigenvalue weighted by molar-refractivity contribution is 7.22. The number of ketones is 1. The van der Waals surface area contributed by atoms with Gasteiger partial charge in [0.05, 0.1) is 21.8 Å². The Kier molecular flexibility index (Phi) is 5.46. The fourth-order valence-electron chi connectivity index (χ4n) is 4.97. The standard InChI is InChI=1S/C30H24N2O4S/c1-4-18-9-11-19(12-10-18)26-24(27(33)22-15-20-7-5-6-8-21(20)36-22)28(34)29(35)32(26)30-31-25-17(3)13-16(2)14-23(25)37-30/h5-15,26,34H,4H2,1-3H3/t26-/m1/s1. The van der Waals surface area contributed by atoms with E-state index in [4.69, 9.17) is 9.40 Å². The number of carbonyl (C=O) groups is 2. The van der Waals surface area contributed by atoms with E-state index in [1.165, 1.54) is 16.2 Å². The molecular formula is C30H24N2O4S. The number of benzene rings is 3. The number of para-hydroxylation sites is 1. The van der Waals surface area contributed by atoms with Gasteiger partial charge in [0, 0.05) is 5.39 Å². The lowest BCUT2D eigenvalue weighted by Gasteiger charge is -2.24. The molecule has 0 aliphatic carbocycles. The van der Waals surface area contributed by atoms with Crippen molar-refractivity contribution in [2.75, 3.05) is 4.90 Å². The number of rotatable bonds is 5. The van der Waals surface area contributed by atoms with Gasteiger partial charge in [-0.1, -0.05) is 66.8 Å². The van der Waals surface area contributed by atoms with Gasteiger partial charge in [-0.25, -0.2) is 4.98 Å². The van der Waals surface area contributed by atoms with Crippen molar-refractivity contribution in [3.8, 4) is 0 Å². The average Bonchev–Trinajstić information content (AvgIpc) is 3.58. The van der Waals surface area contributed by atoms with Crippen LogP contribution in [-0.2, 0) is 11.2 Å². The van der Waals surface area contributed by atoms with E-state index in [-0.39, 0.29) is 11.3 Å². The summed E-state index contributed by atoms with van der Waals surface area (Å²) in [6.07, 6.45) is 0.857. The number of carbonyl (C=O) groups excluding carboxylic acids is 2. The van der Waals surface area contributed by atoms with Gasteiger partial charge in [0.1, 0.15) is 5.58 Å². The van der Waals surface area contributed by atoms with E-state index < -0.39 is 23.5 Å². The number of aryl methyl sites for hydroxylation is 3. The van der Waals surface area contributed by atoms with E-state index in [1.54, 1.807) is 12.1 Å². The first-order valence-corrected chi connectivity index (χ1v) is 12.9. The summed E-state index contributed by atoms with van der Waals surface area (Å²) < 4.78 is 6.77. The Morgan fingerprint density at radius 1 is 1.08 bits per heavy atom. The summed E-state index contributed by atoms with van der Waals surface area (Å²) in [7, 11) is 0. The molecule has 7 heteroatoms. The van der Waals surface area contributed by atoms with E-state index in [9.17, 15) is 14.7 Å². The van der Waals surface area contributed by atoms with Gasteiger partial charge in [0.2, 0.25) is 5.78 Å². The summed E-state index contributed by atoms with van der Waals surface area (Å²) in [6, 6.07) is 19.9. The molecule has 6 nitrogen and oxygen atoms in total. The maximum Gasteiger partial charge on any atom is 0.296 e. The quantitative estimate of drug-likeness (QED) is 0.258. The van der Waals surface area contributed by atoms with Crippen molar-refractivity contribution in [2.45, 2.75) is 33.2 Å². The smallest absolute Gasteiger partial charge is 0.296 e. The van der Waals surface area contributed by atoms with Crippen LogP contribution in [0.15, 0.2) is 82.5 Å². The van der Waals surface area contributed by atoms with Crippen LogP contribution in [0.25, 0.3) is 21.2 Å². The third-order valence-electron chi connectivity index (χ3n) is 6.83. The predicted octanol–water partition coefficient (Wildman–Crippen LogP) is 7.00. The molecule has 37 heavy (non-hydrogen) atoms. The first kappa shape index (κ1) is 23.2. The van der Waals surface area contributed by atoms with Crippen LogP contribution in [0.3, 0.4) is 0 Å². The van der Waals surface area contributed by atoms with Crippen LogP contribution < -0.4 is 4.90 Å². The van der Waals surface area contributed by atoms with Gasteiger partial charge in [0.15, 0.2) is 16.7 Å². The predicted molar refractivity (Wildman–Crippen MR) is 145 cm³/mol. The van der Waals surface area contributed by atoms with Crippen molar-refractivity contribution in [2.24, 2.45) is 0 Å². The largest absolute Gasteiger partial charge is 0.503 e. The molecule has 6 rings (SSSR count). The topological polar surface area (TPSA) is 83.6 Å². The second kappa shape index (κ2) is 8.71. The molecule has 1 aliphatic heterocycles. The van der Waals surface area contributed by atoms with Crippen LogP contribution in [0.1, 0.15) is 45.8 Å². The van der Waals surface area contributed by atoms with Gasteiger partial charge in [-0.15, -0.1) is 0 Å².